The zero-order chi connectivity index (χ0) is 21.5. The first kappa shape index (κ1) is 20.4. The fourth-order valence-electron chi connectivity index (χ4n) is 3.94. The average Bonchev–Trinajstić information content (AvgIpc) is 3.33. The molecule has 0 N–H and O–H groups in total. The smallest absolute Gasteiger partial charge is 0.353 e. The van der Waals surface area contributed by atoms with Crippen LogP contribution in [0.4, 0.5) is 17.1 Å². The van der Waals surface area contributed by atoms with Crippen molar-refractivity contribution in [3.8, 4) is 11.8 Å². The summed E-state index contributed by atoms with van der Waals surface area (Å²) in [6, 6.07) is 29.5. The lowest BCUT2D eigenvalue weighted by Gasteiger charge is -2.25. The number of anilines is 3. The molecule has 0 bridgehead atoms. The lowest BCUT2D eigenvalue weighted by molar-refractivity contribution is -0.129. The average molecular weight is 409 g/mol. The van der Waals surface area contributed by atoms with E-state index in [-0.39, 0.29) is 5.57 Å². The number of rotatable bonds is 6. The summed E-state index contributed by atoms with van der Waals surface area (Å²) >= 11 is 0. The Bertz CT molecular complexity index is 1040. The first-order chi connectivity index (χ1) is 15.2. The second-order valence-corrected chi connectivity index (χ2v) is 7.63. The van der Waals surface area contributed by atoms with Gasteiger partial charge in [-0.15, -0.1) is 0 Å². The number of nitriles is 1. The summed E-state index contributed by atoms with van der Waals surface area (Å²) in [5.74, 6) is 0.127. The van der Waals surface area contributed by atoms with Crippen LogP contribution in [0.3, 0.4) is 0 Å². The highest BCUT2D eigenvalue weighted by molar-refractivity contribution is 5.94. The number of para-hydroxylation sites is 2. The number of ether oxygens (including phenoxy) is 1. The van der Waals surface area contributed by atoms with Crippen molar-refractivity contribution in [2.75, 3.05) is 4.90 Å². The van der Waals surface area contributed by atoms with Gasteiger partial charge in [0.15, 0.2) is 0 Å². The van der Waals surface area contributed by atoms with E-state index in [1.54, 1.807) is 18.2 Å². The quantitative estimate of drug-likeness (QED) is 0.197. The van der Waals surface area contributed by atoms with Crippen molar-refractivity contribution in [2.24, 2.45) is 5.92 Å². The van der Waals surface area contributed by atoms with E-state index < -0.39 is 5.97 Å². The molecule has 0 aliphatic heterocycles. The van der Waals surface area contributed by atoms with Gasteiger partial charge in [0.1, 0.15) is 17.4 Å². The molecule has 31 heavy (non-hydrogen) atoms. The van der Waals surface area contributed by atoms with Gasteiger partial charge in [0.05, 0.1) is 0 Å². The molecule has 4 nitrogen and oxygen atoms in total. The molecule has 4 rings (SSSR count). The standard InChI is InChI=1S/C27H24N2O2/c28-20-22(19-21-9-7-8-10-21)27(30)31-26-17-15-25(16-18-26)29(23-11-3-1-4-12-23)24-13-5-2-6-14-24/h1-6,11-19,21H,7-10H2. The van der Waals surface area contributed by atoms with E-state index in [4.69, 9.17) is 4.74 Å². The van der Waals surface area contributed by atoms with E-state index in [0.29, 0.717) is 11.7 Å². The van der Waals surface area contributed by atoms with Crippen LogP contribution in [0.25, 0.3) is 0 Å². The topological polar surface area (TPSA) is 53.3 Å². The maximum absolute atomic E-state index is 12.5. The maximum atomic E-state index is 12.5. The van der Waals surface area contributed by atoms with Gasteiger partial charge in [-0.1, -0.05) is 55.3 Å². The molecule has 3 aromatic rings. The van der Waals surface area contributed by atoms with Crippen molar-refractivity contribution in [1.82, 2.24) is 0 Å². The van der Waals surface area contributed by atoms with Gasteiger partial charge >= 0.3 is 5.97 Å². The Morgan fingerprint density at radius 3 is 1.87 bits per heavy atom. The van der Waals surface area contributed by atoms with Gasteiger partial charge in [-0.3, -0.25) is 0 Å². The van der Waals surface area contributed by atoms with Gasteiger partial charge in [-0.05, 0) is 67.3 Å². The molecule has 0 amide bonds. The summed E-state index contributed by atoms with van der Waals surface area (Å²) in [7, 11) is 0. The molecular formula is C27H24N2O2. The third-order valence-electron chi connectivity index (χ3n) is 5.48. The second kappa shape index (κ2) is 9.77. The molecule has 3 aromatic carbocycles. The molecule has 0 aromatic heterocycles. The molecule has 1 saturated carbocycles. The van der Waals surface area contributed by atoms with Crippen LogP contribution in [-0.4, -0.2) is 5.97 Å². The van der Waals surface area contributed by atoms with Crippen molar-refractivity contribution in [3.63, 3.8) is 0 Å². The zero-order valence-corrected chi connectivity index (χ0v) is 17.3. The number of hydrogen-bond acceptors (Lipinski definition) is 4. The third kappa shape index (κ3) is 5.02. The van der Waals surface area contributed by atoms with E-state index in [0.717, 1.165) is 42.7 Å². The molecule has 0 radical (unpaired) electrons. The molecule has 0 spiro atoms. The van der Waals surface area contributed by atoms with Crippen molar-refractivity contribution in [2.45, 2.75) is 25.7 Å². The van der Waals surface area contributed by atoms with Crippen molar-refractivity contribution in [3.05, 3.63) is 96.6 Å². The molecule has 0 heterocycles. The summed E-state index contributed by atoms with van der Waals surface area (Å²) in [4.78, 5) is 14.6. The Morgan fingerprint density at radius 1 is 0.839 bits per heavy atom. The highest BCUT2D eigenvalue weighted by Crippen LogP contribution is 2.35. The highest BCUT2D eigenvalue weighted by atomic mass is 16.5. The van der Waals surface area contributed by atoms with Gasteiger partial charge in [0.2, 0.25) is 0 Å². The number of allylic oxidation sites excluding steroid dienone is 1. The summed E-state index contributed by atoms with van der Waals surface area (Å²) in [6.07, 6.45) is 6.13. The Morgan fingerprint density at radius 2 is 1.35 bits per heavy atom. The van der Waals surface area contributed by atoms with E-state index >= 15 is 0 Å². The summed E-state index contributed by atoms with van der Waals surface area (Å²) in [6.45, 7) is 0. The van der Waals surface area contributed by atoms with Crippen LogP contribution >= 0.6 is 0 Å². The highest BCUT2D eigenvalue weighted by Gasteiger charge is 2.18. The number of esters is 1. The molecule has 0 saturated heterocycles. The lowest BCUT2D eigenvalue weighted by Crippen LogP contribution is -2.12. The van der Waals surface area contributed by atoms with E-state index in [1.807, 2.05) is 78.9 Å². The van der Waals surface area contributed by atoms with Crippen LogP contribution in [0.5, 0.6) is 5.75 Å². The minimum atomic E-state index is -0.592. The van der Waals surface area contributed by atoms with Crippen LogP contribution < -0.4 is 9.64 Å². The number of benzene rings is 3. The normalized spacial score (nSPS) is 14.1. The number of carbonyl (C=O) groups is 1. The minimum Gasteiger partial charge on any atom is -0.422 e. The van der Waals surface area contributed by atoms with Gasteiger partial charge < -0.3 is 9.64 Å². The fraction of sp³-hybridized carbons (Fsp3) is 0.185. The van der Waals surface area contributed by atoms with Crippen molar-refractivity contribution < 1.29 is 9.53 Å². The number of carbonyl (C=O) groups excluding carboxylic acids is 1. The summed E-state index contributed by atoms with van der Waals surface area (Å²) < 4.78 is 5.48. The van der Waals surface area contributed by atoms with E-state index in [9.17, 15) is 10.1 Å². The molecule has 4 heteroatoms. The Hall–Kier alpha value is -3.84. The molecule has 1 aliphatic rings. The van der Waals surface area contributed by atoms with Crippen LogP contribution in [0.15, 0.2) is 96.6 Å². The minimum absolute atomic E-state index is 0.0891. The number of hydrogen-bond donors (Lipinski definition) is 0. The number of nitrogens with zero attached hydrogens (tertiary/aromatic N) is 2. The first-order valence-electron chi connectivity index (χ1n) is 10.6. The second-order valence-electron chi connectivity index (χ2n) is 7.63. The maximum Gasteiger partial charge on any atom is 0.353 e. The first-order valence-corrected chi connectivity index (χ1v) is 10.6. The monoisotopic (exact) mass is 408 g/mol. The van der Waals surface area contributed by atoms with E-state index in [2.05, 4.69) is 4.90 Å². The van der Waals surface area contributed by atoms with Crippen molar-refractivity contribution in [1.29, 1.82) is 5.26 Å². The SMILES string of the molecule is N#CC(=CC1CCCC1)C(=O)Oc1ccc(N(c2ccccc2)c2ccccc2)cc1. The Balaban J connectivity index is 1.55. The molecule has 1 aliphatic carbocycles. The predicted molar refractivity (Wildman–Crippen MR) is 122 cm³/mol. The summed E-state index contributed by atoms with van der Waals surface area (Å²) in [5.41, 5.74) is 3.10. The fourth-order valence-corrected chi connectivity index (χ4v) is 3.94. The lowest BCUT2D eigenvalue weighted by atomic mass is 10.0. The molecule has 0 unspecified atom stereocenters. The van der Waals surface area contributed by atoms with Crippen LogP contribution in [0.1, 0.15) is 25.7 Å². The third-order valence-corrected chi connectivity index (χ3v) is 5.48. The van der Waals surface area contributed by atoms with Gasteiger partial charge in [0, 0.05) is 17.1 Å². The van der Waals surface area contributed by atoms with Gasteiger partial charge in [0.25, 0.3) is 0 Å². The molecule has 154 valence electrons. The zero-order valence-electron chi connectivity index (χ0n) is 17.3. The van der Waals surface area contributed by atoms with Gasteiger partial charge in [-0.2, -0.15) is 5.26 Å². The summed E-state index contributed by atoms with van der Waals surface area (Å²) in [5, 5.41) is 9.38. The Kier molecular flexibility index (Phi) is 6.44. The Labute approximate surface area is 183 Å². The van der Waals surface area contributed by atoms with Crippen LogP contribution in [-0.2, 0) is 4.79 Å². The largest absolute Gasteiger partial charge is 0.422 e. The van der Waals surface area contributed by atoms with Gasteiger partial charge in [-0.25, -0.2) is 4.79 Å². The van der Waals surface area contributed by atoms with Crippen LogP contribution in [0.2, 0.25) is 0 Å². The van der Waals surface area contributed by atoms with Crippen molar-refractivity contribution >= 4 is 23.0 Å². The molecule has 1 fully saturated rings. The predicted octanol–water partition coefficient (Wildman–Crippen LogP) is 6.70. The van der Waals surface area contributed by atoms with E-state index in [1.165, 1.54) is 0 Å². The molecular weight excluding hydrogens is 384 g/mol. The van der Waals surface area contributed by atoms with Crippen LogP contribution in [0, 0.1) is 17.2 Å². The molecule has 0 atom stereocenters.